The van der Waals surface area contributed by atoms with Gasteiger partial charge in [0.15, 0.2) is 17.0 Å². The minimum absolute atomic E-state index is 0.242. The highest BCUT2D eigenvalue weighted by Crippen LogP contribution is 2.40. The lowest BCUT2D eigenvalue weighted by Gasteiger charge is -2.27. The number of benzene rings is 1. The second kappa shape index (κ2) is 10.0. The number of hydrogen-bond acceptors (Lipinski definition) is 7. The van der Waals surface area contributed by atoms with Crippen LogP contribution in [-0.4, -0.2) is 30.5 Å². The molecule has 3 aromatic heterocycles. The van der Waals surface area contributed by atoms with E-state index < -0.39 is 0 Å². The Morgan fingerprint density at radius 2 is 1.78 bits per heavy atom. The molecule has 37 heavy (non-hydrogen) atoms. The Kier molecular flexibility index (Phi) is 6.46. The molecule has 5 N–H and O–H groups in total. The van der Waals surface area contributed by atoms with Crippen LogP contribution in [0, 0.1) is 5.82 Å². The molecule has 192 valence electrons. The van der Waals surface area contributed by atoms with E-state index in [-0.39, 0.29) is 17.8 Å². The standard InChI is InChI=1S/C28H33FN8/c29-20-5-3-4-19(14-20)23-13-8-17(15-32-23)16-33-25-24-27(36-28(31)35-25)37(22-6-1-2-7-22)26(34-24)18-9-11-21(30)12-10-18/h3-5,8,13-15,18,21-22H,1-2,6-7,9-12,16,30H2,(H3,31,33,35,36). The highest BCUT2D eigenvalue weighted by molar-refractivity contribution is 5.85. The second-order valence-corrected chi connectivity index (χ2v) is 10.4. The molecule has 0 aliphatic heterocycles. The van der Waals surface area contributed by atoms with Gasteiger partial charge in [-0.15, -0.1) is 0 Å². The van der Waals surface area contributed by atoms with Crippen molar-refractivity contribution in [2.24, 2.45) is 5.73 Å². The zero-order valence-corrected chi connectivity index (χ0v) is 20.9. The molecule has 4 aromatic rings. The monoisotopic (exact) mass is 500 g/mol. The number of pyridine rings is 1. The van der Waals surface area contributed by atoms with Crippen molar-refractivity contribution < 1.29 is 4.39 Å². The van der Waals surface area contributed by atoms with Crippen LogP contribution in [0.5, 0.6) is 0 Å². The predicted octanol–water partition coefficient (Wildman–Crippen LogP) is 5.32. The van der Waals surface area contributed by atoms with Gasteiger partial charge < -0.3 is 21.4 Å². The first kappa shape index (κ1) is 23.8. The molecule has 0 saturated heterocycles. The maximum atomic E-state index is 13.6. The lowest BCUT2D eigenvalue weighted by atomic mass is 9.86. The van der Waals surface area contributed by atoms with Gasteiger partial charge in [0.2, 0.25) is 5.95 Å². The Morgan fingerprint density at radius 3 is 2.51 bits per heavy atom. The summed E-state index contributed by atoms with van der Waals surface area (Å²) in [5, 5.41) is 3.43. The van der Waals surface area contributed by atoms with Gasteiger partial charge in [-0.25, -0.2) is 9.37 Å². The summed E-state index contributed by atoms with van der Waals surface area (Å²) in [5.74, 6) is 2.09. The summed E-state index contributed by atoms with van der Waals surface area (Å²) >= 11 is 0. The lowest BCUT2D eigenvalue weighted by Crippen LogP contribution is -2.27. The third-order valence-corrected chi connectivity index (χ3v) is 7.82. The lowest BCUT2D eigenvalue weighted by molar-refractivity contribution is 0.367. The first-order valence-corrected chi connectivity index (χ1v) is 13.3. The van der Waals surface area contributed by atoms with E-state index in [2.05, 4.69) is 24.8 Å². The highest BCUT2D eigenvalue weighted by Gasteiger charge is 2.31. The van der Waals surface area contributed by atoms with Crippen molar-refractivity contribution in [2.75, 3.05) is 11.1 Å². The van der Waals surface area contributed by atoms with E-state index in [0.717, 1.165) is 72.3 Å². The molecule has 8 nitrogen and oxygen atoms in total. The van der Waals surface area contributed by atoms with E-state index in [1.54, 1.807) is 12.3 Å². The van der Waals surface area contributed by atoms with E-state index >= 15 is 0 Å². The Labute approximate surface area is 215 Å². The van der Waals surface area contributed by atoms with Crippen LogP contribution in [0.2, 0.25) is 0 Å². The molecule has 0 bridgehead atoms. The first-order chi connectivity index (χ1) is 18.0. The second-order valence-electron chi connectivity index (χ2n) is 10.4. The zero-order valence-electron chi connectivity index (χ0n) is 20.9. The van der Waals surface area contributed by atoms with E-state index in [4.69, 9.17) is 16.5 Å². The number of imidazole rings is 1. The van der Waals surface area contributed by atoms with E-state index in [1.807, 2.05) is 18.2 Å². The third kappa shape index (κ3) is 4.87. The van der Waals surface area contributed by atoms with Crippen LogP contribution in [0.4, 0.5) is 16.2 Å². The Hall–Kier alpha value is -3.59. The van der Waals surface area contributed by atoms with Crippen LogP contribution in [0.15, 0.2) is 42.6 Å². The van der Waals surface area contributed by atoms with Gasteiger partial charge in [-0.05, 0) is 62.3 Å². The number of anilines is 2. The van der Waals surface area contributed by atoms with Crippen LogP contribution < -0.4 is 16.8 Å². The van der Waals surface area contributed by atoms with Crippen LogP contribution in [0.25, 0.3) is 22.4 Å². The molecule has 3 heterocycles. The Balaban J connectivity index is 1.29. The molecular weight excluding hydrogens is 467 g/mol. The van der Waals surface area contributed by atoms with Crippen molar-refractivity contribution in [3.05, 3.63) is 59.8 Å². The number of halogens is 1. The van der Waals surface area contributed by atoms with Gasteiger partial charge in [-0.3, -0.25) is 4.98 Å². The fourth-order valence-corrected chi connectivity index (χ4v) is 5.85. The van der Waals surface area contributed by atoms with Crippen LogP contribution in [0.1, 0.15) is 74.7 Å². The van der Waals surface area contributed by atoms with Gasteiger partial charge in [-0.1, -0.05) is 31.0 Å². The van der Waals surface area contributed by atoms with Gasteiger partial charge in [0.25, 0.3) is 0 Å². The zero-order chi connectivity index (χ0) is 25.4. The summed E-state index contributed by atoms with van der Waals surface area (Å²) in [4.78, 5) is 18.9. The summed E-state index contributed by atoms with van der Waals surface area (Å²) in [6.07, 6.45) is 10.7. The number of rotatable bonds is 6. The fraction of sp³-hybridized carbons (Fsp3) is 0.429. The van der Waals surface area contributed by atoms with Crippen LogP contribution in [0.3, 0.4) is 0 Å². The molecule has 2 aliphatic rings. The molecule has 0 atom stereocenters. The summed E-state index contributed by atoms with van der Waals surface area (Å²) in [5.41, 5.74) is 16.4. The molecule has 0 unspecified atom stereocenters. The highest BCUT2D eigenvalue weighted by atomic mass is 19.1. The fourth-order valence-electron chi connectivity index (χ4n) is 5.85. The minimum Gasteiger partial charge on any atom is -0.368 e. The van der Waals surface area contributed by atoms with E-state index in [9.17, 15) is 4.39 Å². The predicted molar refractivity (Wildman–Crippen MR) is 143 cm³/mol. The van der Waals surface area contributed by atoms with Crippen molar-refractivity contribution in [1.82, 2.24) is 24.5 Å². The van der Waals surface area contributed by atoms with Crippen LogP contribution >= 0.6 is 0 Å². The quantitative estimate of drug-likeness (QED) is 0.328. The van der Waals surface area contributed by atoms with Gasteiger partial charge in [0.1, 0.15) is 11.6 Å². The number of fused-ring (bicyclic) bond motifs is 1. The average Bonchev–Trinajstić information content (AvgIpc) is 3.56. The van der Waals surface area contributed by atoms with Gasteiger partial charge in [0.05, 0.1) is 5.69 Å². The number of nitrogens with zero attached hydrogens (tertiary/aromatic N) is 5. The van der Waals surface area contributed by atoms with E-state index in [1.165, 1.54) is 25.0 Å². The maximum absolute atomic E-state index is 13.6. The van der Waals surface area contributed by atoms with Gasteiger partial charge in [0, 0.05) is 36.3 Å². The van der Waals surface area contributed by atoms with Gasteiger partial charge >= 0.3 is 0 Å². The maximum Gasteiger partial charge on any atom is 0.224 e. The van der Waals surface area contributed by atoms with Crippen LogP contribution in [-0.2, 0) is 6.54 Å². The number of nitrogens with one attached hydrogen (secondary N) is 1. The Bertz CT molecular complexity index is 1390. The molecule has 2 fully saturated rings. The minimum atomic E-state index is -0.275. The molecule has 6 rings (SSSR count). The summed E-state index contributed by atoms with van der Waals surface area (Å²) in [7, 11) is 0. The molecule has 1 aromatic carbocycles. The topological polar surface area (TPSA) is 121 Å². The molecule has 0 amide bonds. The number of nitrogens with two attached hydrogens (primary N) is 2. The number of aromatic nitrogens is 5. The molecule has 2 aliphatic carbocycles. The molecule has 9 heteroatoms. The molecule has 0 radical (unpaired) electrons. The first-order valence-electron chi connectivity index (χ1n) is 13.3. The Morgan fingerprint density at radius 1 is 0.973 bits per heavy atom. The summed E-state index contributed by atoms with van der Waals surface area (Å²) < 4.78 is 16.0. The largest absolute Gasteiger partial charge is 0.368 e. The molecule has 2 saturated carbocycles. The SMILES string of the molecule is Nc1nc(NCc2ccc(-c3cccc(F)c3)nc2)c2nc(C3CCC(N)CC3)n(C3CCCC3)c2n1. The third-order valence-electron chi connectivity index (χ3n) is 7.82. The van der Waals surface area contributed by atoms with Crippen molar-refractivity contribution in [1.29, 1.82) is 0 Å². The molecular formula is C28H33FN8. The summed E-state index contributed by atoms with van der Waals surface area (Å²) in [6.45, 7) is 0.506. The average molecular weight is 501 g/mol. The van der Waals surface area contributed by atoms with E-state index in [0.29, 0.717) is 24.3 Å². The smallest absolute Gasteiger partial charge is 0.224 e. The van der Waals surface area contributed by atoms with Crippen molar-refractivity contribution in [3.8, 4) is 11.3 Å². The summed E-state index contributed by atoms with van der Waals surface area (Å²) in [6, 6.07) is 11.0. The number of hydrogen-bond donors (Lipinski definition) is 3. The van der Waals surface area contributed by atoms with Crippen molar-refractivity contribution in [3.63, 3.8) is 0 Å². The van der Waals surface area contributed by atoms with Crippen molar-refractivity contribution in [2.45, 2.75) is 75.9 Å². The number of nitrogen functional groups attached to an aromatic ring is 1. The molecule has 0 spiro atoms. The van der Waals surface area contributed by atoms with Gasteiger partial charge in [-0.2, -0.15) is 9.97 Å². The normalized spacial score (nSPS) is 20.5. The van der Waals surface area contributed by atoms with Crippen molar-refractivity contribution >= 4 is 22.9 Å².